The van der Waals surface area contributed by atoms with Gasteiger partial charge in [0.25, 0.3) is 0 Å². The molecule has 1 unspecified atom stereocenters. The van der Waals surface area contributed by atoms with E-state index in [9.17, 15) is 0 Å². The van der Waals surface area contributed by atoms with Crippen molar-refractivity contribution in [3.63, 3.8) is 0 Å². The Labute approximate surface area is 259 Å². The van der Waals surface area contributed by atoms with Crippen LogP contribution >= 0.6 is 67.8 Å². The molecule has 3 aromatic rings. The fourth-order valence-electron chi connectivity index (χ4n) is 2.52. The van der Waals surface area contributed by atoms with Gasteiger partial charge < -0.3 is 14.2 Å². The van der Waals surface area contributed by atoms with Crippen molar-refractivity contribution < 1.29 is 14.2 Å². The van der Waals surface area contributed by atoms with E-state index >= 15 is 0 Å². The second-order valence-electron chi connectivity index (χ2n) is 8.30. The van der Waals surface area contributed by atoms with E-state index in [1.807, 2.05) is 54.6 Å². The van der Waals surface area contributed by atoms with Crippen LogP contribution in [0.2, 0.25) is 0 Å². The van der Waals surface area contributed by atoms with Crippen molar-refractivity contribution in [1.29, 1.82) is 0 Å². The highest BCUT2D eigenvalue weighted by Crippen LogP contribution is 2.23. The average Bonchev–Trinajstić information content (AvgIpc) is 2.88. The summed E-state index contributed by atoms with van der Waals surface area (Å²) < 4.78 is 20.6. The molecule has 0 spiro atoms. The first-order valence-electron chi connectivity index (χ1n) is 12.4. The molecule has 0 radical (unpaired) electrons. The fraction of sp³-hybridized carbons (Fsp3) is 0.400. The van der Waals surface area contributed by atoms with Crippen molar-refractivity contribution in [3.05, 3.63) is 83.5 Å². The topological polar surface area (TPSA) is 27.7 Å². The van der Waals surface area contributed by atoms with Gasteiger partial charge in [-0.15, -0.1) is 0 Å². The molecule has 0 aliphatic carbocycles. The maximum Gasteiger partial charge on any atom is 0.133 e. The number of halogens is 3. The number of hydrogen-bond donors (Lipinski definition) is 0. The number of benzene rings is 3. The molecule has 3 aromatic carbocycles. The Morgan fingerprint density at radius 1 is 0.472 bits per heavy atom. The Bertz CT molecular complexity index is 869. The Kier molecular flexibility index (Phi) is 17.9. The molecule has 3 rings (SSSR count). The zero-order valence-corrected chi connectivity index (χ0v) is 28.6. The van der Waals surface area contributed by atoms with Crippen LogP contribution in [-0.2, 0) is 0 Å². The van der Waals surface area contributed by atoms with E-state index in [1.165, 1.54) is 10.7 Å². The highest BCUT2D eigenvalue weighted by Gasteiger charge is 2.05. The quantitative estimate of drug-likeness (QED) is 0.201. The van der Waals surface area contributed by atoms with Gasteiger partial charge in [0, 0.05) is 0 Å². The van der Waals surface area contributed by atoms with Gasteiger partial charge in [0.05, 0.1) is 29.0 Å². The van der Waals surface area contributed by atoms with Gasteiger partial charge >= 0.3 is 0 Å². The van der Waals surface area contributed by atoms with E-state index in [0.29, 0.717) is 18.3 Å². The van der Waals surface area contributed by atoms with Crippen LogP contribution in [-0.4, -0.2) is 18.3 Å². The third kappa shape index (κ3) is 13.7. The summed E-state index contributed by atoms with van der Waals surface area (Å²) >= 11 is 6.86. The second-order valence-corrected chi connectivity index (χ2v) is 11.8. The summed E-state index contributed by atoms with van der Waals surface area (Å²) in [6, 6.07) is 24.2. The molecule has 6 heteroatoms. The smallest absolute Gasteiger partial charge is 0.133 e. The molecule has 0 fully saturated rings. The van der Waals surface area contributed by atoms with Crippen molar-refractivity contribution in [3.8, 4) is 17.2 Å². The molecule has 0 aromatic heterocycles. The fourth-order valence-corrected chi connectivity index (χ4v) is 4.06. The minimum atomic E-state index is 0.306. The molecule has 0 aliphatic heterocycles. The van der Waals surface area contributed by atoms with Gasteiger partial charge in [0.2, 0.25) is 0 Å². The summed E-state index contributed by atoms with van der Waals surface area (Å²) in [5, 5.41) is 0. The summed E-state index contributed by atoms with van der Waals surface area (Å²) in [4.78, 5) is 0. The van der Waals surface area contributed by atoms with Gasteiger partial charge in [-0.05, 0) is 144 Å². The molecule has 0 saturated heterocycles. The van der Waals surface area contributed by atoms with Crippen LogP contribution in [0.5, 0.6) is 17.2 Å². The van der Waals surface area contributed by atoms with Gasteiger partial charge in [-0.25, -0.2) is 0 Å². The normalized spacial score (nSPS) is 12.6. The number of para-hydroxylation sites is 3. The van der Waals surface area contributed by atoms with Gasteiger partial charge in [0.15, 0.2) is 0 Å². The van der Waals surface area contributed by atoms with Crippen LogP contribution < -0.4 is 14.2 Å². The number of hydrogen-bond acceptors (Lipinski definition) is 3. The Morgan fingerprint density at radius 2 is 0.694 bits per heavy atom. The minimum absolute atomic E-state index is 0.306. The van der Waals surface area contributed by atoms with Gasteiger partial charge in [-0.2, -0.15) is 0 Å². The van der Waals surface area contributed by atoms with E-state index in [4.69, 9.17) is 14.2 Å². The standard InChI is InChI=1S/3C10H13IO/c3*1-3-8(2)12-10-7-5-4-6-9(10)11/h3*4-8H,3H2,1-2H3/t2*8-;/m10./s1. The van der Waals surface area contributed by atoms with E-state index < -0.39 is 0 Å². The van der Waals surface area contributed by atoms with Crippen molar-refractivity contribution >= 4 is 67.8 Å². The lowest BCUT2D eigenvalue weighted by molar-refractivity contribution is 0.215. The van der Waals surface area contributed by atoms with E-state index in [-0.39, 0.29) is 0 Å². The summed E-state index contributed by atoms with van der Waals surface area (Å²) in [5.41, 5.74) is 0. The molecule has 0 aliphatic rings. The van der Waals surface area contributed by atoms with Crippen LogP contribution in [0, 0.1) is 10.7 Å². The molecule has 36 heavy (non-hydrogen) atoms. The zero-order chi connectivity index (χ0) is 26.9. The number of ether oxygens (including phenoxy) is 3. The lowest BCUT2D eigenvalue weighted by Crippen LogP contribution is -2.10. The molecule has 0 saturated carbocycles. The van der Waals surface area contributed by atoms with Gasteiger partial charge in [0.1, 0.15) is 17.2 Å². The SMILES string of the molecule is CCC(C)Oc1ccccc1I.CC[C@@H](C)Oc1ccccc1I.CC[C@H](C)Oc1ccccc1I. The van der Waals surface area contributed by atoms with Gasteiger partial charge in [-0.3, -0.25) is 0 Å². The zero-order valence-electron chi connectivity index (χ0n) is 22.1. The maximum absolute atomic E-state index is 5.69. The first-order chi connectivity index (χ1) is 17.2. The lowest BCUT2D eigenvalue weighted by atomic mass is 10.3. The van der Waals surface area contributed by atoms with E-state index in [2.05, 4.69) is 128 Å². The van der Waals surface area contributed by atoms with Crippen LogP contribution in [0.25, 0.3) is 0 Å². The van der Waals surface area contributed by atoms with Crippen molar-refractivity contribution in [2.45, 2.75) is 79.1 Å². The number of rotatable bonds is 9. The van der Waals surface area contributed by atoms with Crippen LogP contribution in [0.1, 0.15) is 60.8 Å². The predicted molar refractivity (Wildman–Crippen MR) is 179 cm³/mol. The van der Waals surface area contributed by atoms with E-state index in [1.54, 1.807) is 0 Å². The minimum Gasteiger partial charge on any atom is -0.490 e. The first kappa shape index (κ1) is 33.3. The molecular formula is C30H39I3O3. The highest BCUT2D eigenvalue weighted by molar-refractivity contribution is 14.1. The highest BCUT2D eigenvalue weighted by atomic mass is 127. The Hall–Kier alpha value is -0.750. The third-order valence-corrected chi connectivity index (χ3v) is 7.89. The summed E-state index contributed by atoms with van der Waals surface area (Å²) in [6.45, 7) is 12.6. The molecule has 198 valence electrons. The molecule has 0 amide bonds. The van der Waals surface area contributed by atoms with E-state index in [0.717, 1.165) is 36.5 Å². The Balaban J connectivity index is 0.000000270. The largest absolute Gasteiger partial charge is 0.490 e. The Morgan fingerprint density at radius 3 is 0.889 bits per heavy atom. The average molecular weight is 828 g/mol. The van der Waals surface area contributed by atoms with Crippen molar-refractivity contribution in [1.82, 2.24) is 0 Å². The summed E-state index contributed by atoms with van der Waals surface area (Å²) in [6.07, 6.45) is 4.06. The summed E-state index contributed by atoms with van der Waals surface area (Å²) in [7, 11) is 0. The molecular weight excluding hydrogens is 789 g/mol. The molecule has 0 heterocycles. The monoisotopic (exact) mass is 828 g/mol. The van der Waals surface area contributed by atoms with Gasteiger partial charge in [-0.1, -0.05) is 57.2 Å². The van der Waals surface area contributed by atoms with Crippen molar-refractivity contribution in [2.24, 2.45) is 0 Å². The first-order valence-corrected chi connectivity index (χ1v) is 15.7. The maximum atomic E-state index is 5.69. The summed E-state index contributed by atoms with van der Waals surface area (Å²) in [5.74, 6) is 2.98. The van der Waals surface area contributed by atoms with Crippen molar-refractivity contribution in [2.75, 3.05) is 0 Å². The van der Waals surface area contributed by atoms with Crippen LogP contribution in [0.4, 0.5) is 0 Å². The van der Waals surface area contributed by atoms with Crippen LogP contribution in [0.15, 0.2) is 72.8 Å². The molecule has 3 atom stereocenters. The molecule has 0 N–H and O–H groups in total. The van der Waals surface area contributed by atoms with Crippen LogP contribution in [0.3, 0.4) is 0 Å². The molecule has 0 bridgehead atoms. The lowest BCUT2D eigenvalue weighted by Gasteiger charge is -2.13. The molecule has 3 nitrogen and oxygen atoms in total. The second kappa shape index (κ2) is 19.3. The third-order valence-electron chi connectivity index (χ3n) is 5.22. The predicted octanol–water partition coefficient (Wildman–Crippen LogP) is 10.4.